The van der Waals surface area contributed by atoms with E-state index in [1.165, 1.54) is 6.42 Å². The van der Waals surface area contributed by atoms with E-state index >= 15 is 0 Å². The summed E-state index contributed by atoms with van der Waals surface area (Å²) in [4.78, 5) is 4.08. The zero-order valence-corrected chi connectivity index (χ0v) is 8.27. The monoisotopic (exact) mass is 179 g/mol. The van der Waals surface area contributed by atoms with Gasteiger partial charge in [0.15, 0.2) is 0 Å². The minimum atomic E-state index is 0.591. The van der Waals surface area contributed by atoms with Gasteiger partial charge in [0, 0.05) is 31.0 Å². The van der Waals surface area contributed by atoms with Crippen LogP contribution in [0.5, 0.6) is 0 Å². The second kappa shape index (κ2) is 3.50. The molecule has 1 aliphatic rings. The van der Waals surface area contributed by atoms with E-state index in [9.17, 15) is 0 Å². The van der Waals surface area contributed by atoms with E-state index in [1.54, 1.807) is 0 Å². The number of rotatable bonds is 1. The van der Waals surface area contributed by atoms with E-state index in [-0.39, 0.29) is 0 Å². The molecule has 1 aliphatic heterocycles. The summed E-state index contributed by atoms with van der Waals surface area (Å²) in [6.07, 6.45) is 7.07. The molecule has 1 fully saturated rings. The van der Waals surface area contributed by atoms with Crippen LogP contribution in [0.15, 0.2) is 18.7 Å². The fourth-order valence-corrected chi connectivity index (χ4v) is 1.95. The highest BCUT2D eigenvalue weighted by Crippen LogP contribution is 2.23. The van der Waals surface area contributed by atoms with Crippen LogP contribution < -0.4 is 5.32 Å². The Balaban J connectivity index is 2.03. The first-order valence-electron chi connectivity index (χ1n) is 4.98. The van der Waals surface area contributed by atoms with Gasteiger partial charge < -0.3 is 9.88 Å². The lowest BCUT2D eigenvalue weighted by Gasteiger charge is -2.33. The van der Waals surface area contributed by atoms with Crippen molar-refractivity contribution in [1.29, 1.82) is 0 Å². The Kier molecular flexibility index (Phi) is 2.36. The van der Waals surface area contributed by atoms with Gasteiger partial charge in [-0.05, 0) is 19.3 Å². The Bertz CT molecular complexity index is 255. The maximum atomic E-state index is 4.08. The Morgan fingerprint density at radius 2 is 2.31 bits per heavy atom. The molecule has 1 saturated heterocycles. The van der Waals surface area contributed by atoms with Crippen LogP contribution in [0.3, 0.4) is 0 Å². The van der Waals surface area contributed by atoms with Crippen molar-refractivity contribution in [2.75, 3.05) is 6.54 Å². The lowest BCUT2D eigenvalue weighted by Crippen LogP contribution is -2.42. The third-order valence-electron chi connectivity index (χ3n) is 3.12. The molecular weight excluding hydrogens is 162 g/mol. The molecule has 3 unspecified atom stereocenters. The Morgan fingerprint density at radius 1 is 1.46 bits per heavy atom. The first kappa shape index (κ1) is 8.75. The van der Waals surface area contributed by atoms with Gasteiger partial charge in [0.1, 0.15) is 0 Å². The summed E-state index contributed by atoms with van der Waals surface area (Å²) in [5, 5.41) is 3.52. The van der Waals surface area contributed by atoms with Gasteiger partial charge >= 0.3 is 0 Å². The third-order valence-corrected chi connectivity index (χ3v) is 3.12. The SMILES string of the molecule is CC1CC(n2ccnc2)CNC1C. The summed E-state index contributed by atoms with van der Waals surface area (Å²) < 4.78 is 2.20. The molecule has 3 atom stereocenters. The minimum absolute atomic E-state index is 0.591. The Hall–Kier alpha value is -0.830. The van der Waals surface area contributed by atoms with Crippen molar-refractivity contribution in [3.63, 3.8) is 0 Å². The van der Waals surface area contributed by atoms with Gasteiger partial charge in [-0.15, -0.1) is 0 Å². The summed E-state index contributed by atoms with van der Waals surface area (Å²) in [7, 11) is 0. The predicted molar refractivity (Wildman–Crippen MR) is 52.5 cm³/mol. The van der Waals surface area contributed by atoms with E-state index in [4.69, 9.17) is 0 Å². The van der Waals surface area contributed by atoms with Crippen molar-refractivity contribution in [1.82, 2.24) is 14.9 Å². The molecule has 13 heavy (non-hydrogen) atoms. The Morgan fingerprint density at radius 3 is 2.92 bits per heavy atom. The van der Waals surface area contributed by atoms with Crippen LogP contribution in [0.4, 0.5) is 0 Å². The standard InChI is InChI=1S/C10H17N3/c1-8-5-10(6-12-9(8)2)13-4-3-11-7-13/h3-4,7-10,12H,5-6H2,1-2H3. The van der Waals surface area contributed by atoms with Gasteiger partial charge in [-0.2, -0.15) is 0 Å². The number of hydrogen-bond donors (Lipinski definition) is 1. The largest absolute Gasteiger partial charge is 0.333 e. The first-order chi connectivity index (χ1) is 6.27. The molecule has 3 nitrogen and oxygen atoms in total. The Labute approximate surface area is 79.2 Å². The van der Waals surface area contributed by atoms with Crippen molar-refractivity contribution in [3.05, 3.63) is 18.7 Å². The van der Waals surface area contributed by atoms with Crippen LogP contribution in [0.1, 0.15) is 26.3 Å². The first-order valence-corrected chi connectivity index (χ1v) is 4.98. The van der Waals surface area contributed by atoms with E-state index < -0.39 is 0 Å². The van der Waals surface area contributed by atoms with E-state index in [0.29, 0.717) is 12.1 Å². The fourth-order valence-electron chi connectivity index (χ4n) is 1.95. The summed E-state index contributed by atoms with van der Waals surface area (Å²) in [5.74, 6) is 0.751. The van der Waals surface area contributed by atoms with Crippen molar-refractivity contribution in [2.45, 2.75) is 32.4 Å². The van der Waals surface area contributed by atoms with Gasteiger partial charge in [0.2, 0.25) is 0 Å². The summed E-state index contributed by atoms with van der Waals surface area (Å²) in [6.45, 7) is 5.64. The molecule has 0 aliphatic carbocycles. The molecule has 1 aromatic rings. The molecule has 1 N–H and O–H groups in total. The van der Waals surface area contributed by atoms with Crippen LogP contribution in [0.2, 0.25) is 0 Å². The molecule has 0 amide bonds. The molecular formula is C10H17N3. The highest BCUT2D eigenvalue weighted by molar-refractivity contribution is 4.88. The molecule has 0 saturated carbocycles. The van der Waals surface area contributed by atoms with Gasteiger partial charge in [0.05, 0.1) is 6.33 Å². The predicted octanol–water partition coefficient (Wildman–Crippen LogP) is 1.44. The van der Waals surface area contributed by atoms with Crippen LogP contribution in [-0.2, 0) is 0 Å². The second-order valence-electron chi connectivity index (χ2n) is 4.07. The van der Waals surface area contributed by atoms with Gasteiger partial charge in [-0.1, -0.05) is 6.92 Å². The topological polar surface area (TPSA) is 29.9 Å². The third kappa shape index (κ3) is 1.75. The highest BCUT2D eigenvalue weighted by Gasteiger charge is 2.24. The van der Waals surface area contributed by atoms with Crippen LogP contribution in [-0.4, -0.2) is 22.1 Å². The molecule has 0 radical (unpaired) electrons. The average Bonchev–Trinajstić information content (AvgIpc) is 2.62. The summed E-state index contributed by atoms with van der Waals surface area (Å²) >= 11 is 0. The molecule has 2 heterocycles. The zero-order valence-electron chi connectivity index (χ0n) is 8.27. The number of hydrogen-bond acceptors (Lipinski definition) is 2. The normalized spacial score (nSPS) is 34.8. The van der Waals surface area contributed by atoms with Crippen molar-refractivity contribution >= 4 is 0 Å². The van der Waals surface area contributed by atoms with Crippen LogP contribution >= 0.6 is 0 Å². The van der Waals surface area contributed by atoms with Crippen molar-refractivity contribution < 1.29 is 0 Å². The van der Waals surface area contributed by atoms with Gasteiger partial charge in [0.25, 0.3) is 0 Å². The smallest absolute Gasteiger partial charge is 0.0948 e. The number of piperidine rings is 1. The number of imidazole rings is 1. The molecule has 0 spiro atoms. The summed E-state index contributed by atoms with van der Waals surface area (Å²) in [6, 6.07) is 1.24. The van der Waals surface area contributed by atoms with E-state index in [1.807, 2.05) is 12.5 Å². The van der Waals surface area contributed by atoms with Gasteiger partial charge in [-0.25, -0.2) is 4.98 Å². The number of nitrogens with one attached hydrogen (secondary N) is 1. The van der Waals surface area contributed by atoms with E-state index in [0.717, 1.165) is 12.5 Å². The highest BCUT2D eigenvalue weighted by atomic mass is 15.1. The average molecular weight is 179 g/mol. The molecule has 3 heteroatoms. The molecule has 1 aromatic heterocycles. The van der Waals surface area contributed by atoms with Gasteiger partial charge in [-0.3, -0.25) is 0 Å². The second-order valence-corrected chi connectivity index (χ2v) is 4.07. The zero-order chi connectivity index (χ0) is 9.26. The molecule has 0 aromatic carbocycles. The number of nitrogens with zero attached hydrogens (tertiary/aromatic N) is 2. The molecule has 72 valence electrons. The van der Waals surface area contributed by atoms with Crippen molar-refractivity contribution in [3.8, 4) is 0 Å². The van der Waals surface area contributed by atoms with Crippen LogP contribution in [0, 0.1) is 5.92 Å². The minimum Gasteiger partial charge on any atom is -0.333 e. The van der Waals surface area contributed by atoms with Crippen molar-refractivity contribution in [2.24, 2.45) is 5.92 Å². The maximum absolute atomic E-state index is 4.08. The molecule has 0 bridgehead atoms. The lowest BCUT2D eigenvalue weighted by atomic mass is 9.91. The quantitative estimate of drug-likeness (QED) is 0.707. The molecule has 2 rings (SSSR count). The fraction of sp³-hybridized carbons (Fsp3) is 0.700. The maximum Gasteiger partial charge on any atom is 0.0948 e. The van der Waals surface area contributed by atoms with Crippen LogP contribution in [0.25, 0.3) is 0 Å². The lowest BCUT2D eigenvalue weighted by molar-refractivity contribution is 0.245. The number of aromatic nitrogens is 2. The summed E-state index contributed by atoms with van der Waals surface area (Å²) in [5.41, 5.74) is 0. The van der Waals surface area contributed by atoms with E-state index in [2.05, 4.69) is 34.9 Å².